The summed E-state index contributed by atoms with van der Waals surface area (Å²) < 4.78 is 6.89. The minimum absolute atomic E-state index is 0.105. The second-order valence-electron chi connectivity index (χ2n) is 6.50. The number of nitrogens with one attached hydrogen (secondary N) is 1. The molecule has 1 amide bonds. The minimum atomic E-state index is -0.307. The van der Waals surface area contributed by atoms with Crippen molar-refractivity contribution in [3.63, 3.8) is 0 Å². The Balaban J connectivity index is 1.70. The highest BCUT2D eigenvalue weighted by Crippen LogP contribution is 2.26. The van der Waals surface area contributed by atoms with E-state index in [1.165, 1.54) is 4.90 Å². The van der Waals surface area contributed by atoms with Crippen LogP contribution >= 0.6 is 12.2 Å². The van der Waals surface area contributed by atoms with Crippen molar-refractivity contribution >= 4 is 51.9 Å². The number of aromatic nitrogens is 1. The Kier molecular flexibility index (Phi) is 5.14. The van der Waals surface area contributed by atoms with Crippen molar-refractivity contribution in [1.82, 2.24) is 9.88 Å². The second kappa shape index (κ2) is 7.89. The van der Waals surface area contributed by atoms with Gasteiger partial charge in [-0.25, -0.2) is 0 Å². The molecule has 1 fully saturated rings. The van der Waals surface area contributed by atoms with Gasteiger partial charge in [0.2, 0.25) is 0 Å². The van der Waals surface area contributed by atoms with Gasteiger partial charge in [-0.3, -0.25) is 14.5 Å². The third-order valence-electron chi connectivity index (χ3n) is 4.62. The van der Waals surface area contributed by atoms with Gasteiger partial charge in [-0.2, -0.15) is 0 Å². The summed E-state index contributed by atoms with van der Waals surface area (Å²) in [7, 11) is 0. The van der Waals surface area contributed by atoms with Crippen LogP contribution in [0.15, 0.2) is 66.5 Å². The average molecular weight is 405 g/mol. The molecule has 2 aromatic carbocycles. The largest absolute Gasteiger partial charge is 0.465 e. The van der Waals surface area contributed by atoms with Gasteiger partial charge in [-0.1, -0.05) is 36.4 Å². The number of thiocarbonyl (C=S) groups is 1. The smallest absolute Gasteiger partial charge is 0.325 e. The molecule has 2 heterocycles. The predicted octanol–water partition coefficient (Wildman–Crippen LogP) is 3.47. The Hall–Kier alpha value is -3.45. The molecule has 7 heteroatoms. The lowest BCUT2D eigenvalue weighted by molar-refractivity contribution is -0.143. The normalized spacial score (nSPS) is 15.2. The molecule has 1 saturated heterocycles. The predicted molar refractivity (Wildman–Crippen MR) is 116 cm³/mol. The van der Waals surface area contributed by atoms with Crippen LogP contribution in [-0.4, -0.2) is 28.2 Å². The van der Waals surface area contributed by atoms with E-state index in [2.05, 4.69) is 5.32 Å². The number of fused-ring (bicyclic) bond motifs is 1. The van der Waals surface area contributed by atoms with Crippen molar-refractivity contribution in [3.8, 4) is 0 Å². The lowest BCUT2D eigenvalue weighted by Crippen LogP contribution is -2.30. The first kappa shape index (κ1) is 18.9. The summed E-state index contributed by atoms with van der Waals surface area (Å²) in [6.45, 7) is 2.22. The highest BCUT2D eigenvalue weighted by atomic mass is 32.1. The molecule has 0 radical (unpaired) electrons. The lowest BCUT2D eigenvalue weighted by Gasteiger charge is -2.13. The van der Waals surface area contributed by atoms with E-state index in [9.17, 15) is 9.59 Å². The molecule has 4 rings (SSSR count). The number of carbonyl (C=O) groups excluding carboxylic acids is 2. The average Bonchev–Trinajstić information content (AvgIpc) is 3.20. The molecule has 6 nitrogen and oxygen atoms in total. The molecule has 0 aliphatic carbocycles. The van der Waals surface area contributed by atoms with Crippen LogP contribution in [0, 0.1) is 0 Å². The summed E-state index contributed by atoms with van der Waals surface area (Å²) in [5.41, 5.74) is 2.81. The van der Waals surface area contributed by atoms with Gasteiger partial charge in [-0.05, 0) is 43.4 Å². The number of hydrogen-bond acceptors (Lipinski definition) is 4. The number of hydrogen-bond donors (Lipinski definition) is 1. The van der Waals surface area contributed by atoms with Gasteiger partial charge in [0.1, 0.15) is 12.2 Å². The number of amides is 1. The summed E-state index contributed by atoms with van der Waals surface area (Å²) in [6.07, 6.45) is 3.61. The van der Waals surface area contributed by atoms with Crippen molar-refractivity contribution < 1.29 is 14.3 Å². The Bertz CT molecular complexity index is 1130. The van der Waals surface area contributed by atoms with Gasteiger partial charge in [0, 0.05) is 22.7 Å². The van der Waals surface area contributed by atoms with Gasteiger partial charge in [0.25, 0.3) is 5.91 Å². The van der Waals surface area contributed by atoms with Crippen LogP contribution in [0.25, 0.3) is 17.0 Å². The highest BCUT2D eigenvalue weighted by molar-refractivity contribution is 7.80. The van der Waals surface area contributed by atoms with Crippen molar-refractivity contribution in [2.75, 3.05) is 11.5 Å². The van der Waals surface area contributed by atoms with Crippen LogP contribution in [-0.2, 0) is 20.9 Å². The van der Waals surface area contributed by atoms with E-state index in [4.69, 9.17) is 17.0 Å². The molecule has 1 aliphatic heterocycles. The van der Waals surface area contributed by atoms with E-state index < -0.39 is 0 Å². The van der Waals surface area contributed by atoms with Crippen molar-refractivity contribution in [3.05, 3.63) is 72.1 Å². The van der Waals surface area contributed by atoms with Gasteiger partial charge in [0.05, 0.1) is 12.3 Å². The number of anilines is 1. The Morgan fingerprint density at radius 1 is 1.14 bits per heavy atom. The van der Waals surface area contributed by atoms with Gasteiger partial charge >= 0.3 is 5.97 Å². The fourth-order valence-corrected chi connectivity index (χ4v) is 3.67. The molecule has 1 aromatic heterocycles. The fraction of sp³-hybridized carbons (Fsp3) is 0.136. The standard InChI is InChI=1S/C22H19N3O3S/c1-2-28-20(26)14-24-13-15(17-10-6-7-11-19(17)24)12-18-21(27)25(22(29)23-18)16-8-4-3-5-9-16/h3-13H,2,14H2,1H3,(H,23,29). The van der Waals surface area contributed by atoms with E-state index >= 15 is 0 Å². The van der Waals surface area contributed by atoms with Crippen LogP contribution in [0.4, 0.5) is 5.69 Å². The number of para-hydroxylation sites is 2. The van der Waals surface area contributed by atoms with Crippen LogP contribution in [0.1, 0.15) is 12.5 Å². The third kappa shape index (κ3) is 3.64. The minimum Gasteiger partial charge on any atom is -0.465 e. The summed E-state index contributed by atoms with van der Waals surface area (Å²) in [6, 6.07) is 17.0. The molecule has 3 aromatic rings. The monoisotopic (exact) mass is 405 g/mol. The second-order valence-corrected chi connectivity index (χ2v) is 6.89. The number of carbonyl (C=O) groups is 2. The molecule has 1 N–H and O–H groups in total. The zero-order valence-electron chi connectivity index (χ0n) is 15.8. The maximum Gasteiger partial charge on any atom is 0.325 e. The van der Waals surface area contributed by atoms with Crippen LogP contribution in [0.3, 0.4) is 0 Å². The molecule has 0 bridgehead atoms. The number of ether oxygens (including phenoxy) is 1. The molecule has 0 unspecified atom stereocenters. The van der Waals surface area contributed by atoms with Crippen molar-refractivity contribution in [1.29, 1.82) is 0 Å². The Morgan fingerprint density at radius 3 is 2.62 bits per heavy atom. The molecule has 29 heavy (non-hydrogen) atoms. The number of esters is 1. The summed E-state index contributed by atoms with van der Waals surface area (Å²) in [4.78, 5) is 26.4. The van der Waals surface area contributed by atoms with E-state index in [1.807, 2.05) is 65.4 Å². The molecule has 146 valence electrons. The third-order valence-corrected chi connectivity index (χ3v) is 4.90. The van der Waals surface area contributed by atoms with Crippen molar-refractivity contribution in [2.45, 2.75) is 13.5 Å². The summed E-state index contributed by atoms with van der Waals surface area (Å²) in [5, 5.41) is 4.27. The zero-order valence-corrected chi connectivity index (χ0v) is 16.6. The first-order valence-electron chi connectivity index (χ1n) is 9.24. The van der Waals surface area contributed by atoms with E-state index in [1.54, 1.807) is 13.0 Å². The molecule has 0 saturated carbocycles. The first-order valence-corrected chi connectivity index (χ1v) is 9.65. The number of rotatable bonds is 5. The fourth-order valence-electron chi connectivity index (χ4n) is 3.37. The van der Waals surface area contributed by atoms with E-state index in [0.717, 1.165) is 16.5 Å². The first-order chi connectivity index (χ1) is 14.1. The Labute approximate surface area is 173 Å². The van der Waals surface area contributed by atoms with Gasteiger partial charge < -0.3 is 14.6 Å². The molecule has 1 aliphatic rings. The maximum atomic E-state index is 13.0. The summed E-state index contributed by atoms with van der Waals surface area (Å²) in [5.74, 6) is -0.526. The molecule has 0 atom stereocenters. The van der Waals surface area contributed by atoms with Gasteiger partial charge in [0.15, 0.2) is 5.11 Å². The van der Waals surface area contributed by atoms with Crippen LogP contribution in [0.2, 0.25) is 0 Å². The number of benzene rings is 2. The molecular formula is C22H19N3O3S. The van der Waals surface area contributed by atoms with Crippen molar-refractivity contribution in [2.24, 2.45) is 0 Å². The molecular weight excluding hydrogens is 386 g/mol. The van der Waals surface area contributed by atoms with Gasteiger partial charge in [-0.15, -0.1) is 0 Å². The van der Waals surface area contributed by atoms with Crippen LogP contribution in [0.5, 0.6) is 0 Å². The van der Waals surface area contributed by atoms with E-state index in [-0.39, 0.29) is 18.4 Å². The zero-order chi connectivity index (χ0) is 20.4. The van der Waals surface area contributed by atoms with Crippen LogP contribution < -0.4 is 10.2 Å². The SMILES string of the molecule is CCOC(=O)Cn1cc(C=C2NC(=S)N(c3ccccc3)C2=O)c2ccccc21. The quantitative estimate of drug-likeness (QED) is 0.400. The maximum absolute atomic E-state index is 13.0. The number of nitrogens with zero attached hydrogens (tertiary/aromatic N) is 2. The lowest BCUT2D eigenvalue weighted by atomic mass is 10.1. The summed E-state index contributed by atoms with van der Waals surface area (Å²) >= 11 is 5.37. The Morgan fingerprint density at radius 2 is 1.86 bits per heavy atom. The van der Waals surface area contributed by atoms with E-state index in [0.29, 0.717) is 23.1 Å². The molecule has 0 spiro atoms. The highest BCUT2D eigenvalue weighted by Gasteiger charge is 2.32. The topological polar surface area (TPSA) is 63.6 Å².